The highest BCUT2D eigenvalue weighted by molar-refractivity contribution is 5.65. The van der Waals surface area contributed by atoms with E-state index in [1.165, 1.54) is 0 Å². The number of rotatable bonds is 2. The fourth-order valence-electron chi connectivity index (χ4n) is 6.19. The van der Waals surface area contributed by atoms with E-state index in [0.29, 0.717) is 6.42 Å². The summed E-state index contributed by atoms with van der Waals surface area (Å²) in [6.07, 6.45) is 1.28. The molecule has 3 unspecified atom stereocenters. The zero-order valence-corrected chi connectivity index (χ0v) is 17.1. The number of fused-ring (bicyclic) bond motifs is 1. The molecule has 152 valence electrons. The van der Waals surface area contributed by atoms with Crippen LogP contribution in [0.4, 0.5) is 0 Å². The normalized spacial score (nSPS) is 32.8. The van der Waals surface area contributed by atoms with E-state index in [4.69, 9.17) is 9.47 Å². The third-order valence-corrected chi connectivity index (χ3v) is 7.59. The molecule has 0 amide bonds. The van der Waals surface area contributed by atoms with Crippen molar-refractivity contribution in [1.29, 1.82) is 0 Å². The first-order valence-electron chi connectivity index (χ1n) is 10.2. The Kier molecular flexibility index (Phi) is 3.23. The number of hydrogen-bond acceptors (Lipinski definition) is 6. The SMILES string of the molecule is CN(C)C1Cc2cc3c(cc2O)O[C@H]2CC(N(C)C)[C@@]24c2ccc(O)c1c2OC34. The van der Waals surface area contributed by atoms with Gasteiger partial charge in [-0.3, -0.25) is 0 Å². The number of likely N-dealkylation sites (N-methyl/N-ethyl adjacent to an activating group) is 2. The summed E-state index contributed by atoms with van der Waals surface area (Å²) in [4.78, 5) is 4.35. The van der Waals surface area contributed by atoms with Crippen LogP contribution in [0, 0.1) is 0 Å². The van der Waals surface area contributed by atoms with Gasteiger partial charge in [0.1, 0.15) is 35.2 Å². The van der Waals surface area contributed by atoms with Crippen molar-refractivity contribution in [2.24, 2.45) is 0 Å². The van der Waals surface area contributed by atoms with Crippen LogP contribution in [-0.2, 0) is 11.8 Å². The summed E-state index contributed by atoms with van der Waals surface area (Å²) < 4.78 is 13.2. The monoisotopic (exact) mass is 394 g/mol. The summed E-state index contributed by atoms with van der Waals surface area (Å²) in [6, 6.07) is 7.81. The summed E-state index contributed by atoms with van der Waals surface area (Å²) in [6.45, 7) is 0. The third kappa shape index (κ3) is 1.89. The molecule has 2 N–H and O–H groups in total. The molecule has 3 aliphatic heterocycles. The first kappa shape index (κ1) is 17.4. The summed E-state index contributed by atoms with van der Waals surface area (Å²) in [5.41, 5.74) is 3.49. The van der Waals surface area contributed by atoms with E-state index in [9.17, 15) is 10.2 Å². The summed E-state index contributed by atoms with van der Waals surface area (Å²) in [5, 5.41) is 21.6. The van der Waals surface area contributed by atoms with Gasteiger partial charge < -0.3 is 29.5 Å². The number of hydrogen-bond donors (Lipinski definition) is 2. The van der Waals surface area contributed by atoms with Crippen LogP contribution in [0.5, 0.6) is 23.0 Å². The van der Waals surface area contributed by atoms with Gasteiger partial charge in [0.15, 0.2) is 0 Å². The van der Waals surface area contributed by atoms with Crippen LogP contribution in [0.3, 0.4) is 0 Å². The summed E-state index contributed by atoms with van der Waals surface area (Å²) in [5.74, 6) is 2.00. The Hall–Kier alpha value is -2.44. The molecule has 6 heteroatoms. The lowest BCUT2D eigenvalue weighted by Crippen LogP contribution is -2.70. The molecule has 0 radical (unpaired) electrons. The van der Waals surface area contributed by atoms with Gasteiger partial charge in [-0.05, 0) is 52.3 Å². The Labute approximate surface area is 170 Å². The standard InChI is InChI=1S/C23H26N2O4/c1-24(2)14-8-11-7-12-17(9-16(11)27)28-19-10-18(25(3)4)23(19)13-5-6-15(26)20(14)21(13)29-22(12)23/h5-7,9,14,18-19,22,26-27H,8,10H2,1-4H3/t14?,18?,19-,22?,23-/m0/s1. The van der Waals surface area contributed by atoms with Crippen LogP contribution in [0.2, 0.25) is 0 Å². The molecule has 5 atom stereocenters. The molecular formula is C23H26N2O4. The average Bonchev–Trinajstić information content (AvgIpc) is 3.03. The maximum atomic E-state index is 10.9. The van der Waals surface area contributed by atoms with Crippen LogP contribution in [-0.4, -0.2) is 60.3 Å². The van der Waals surface area contributed by atoms with Crippen molar-refractivity contribution >= 4 is 0 Å². The van der Waals surface area contributed by atoms with Crippen LogP contribution in [0.15, 0.2) is 24.3 Å². The molecule has 0 aromatic heterocycles. The van der Waals surface area contributed by atoms with Gasteiger partial charge in [-0.1, -0.05) is 6.07 Å². The summed E-state index contributed by atoms with van der Waals surface area (Å²) >= 11 is 0. The zero-order valence-electron chi connectivity index (χ0n) is 17.1. The number of nitrogens with zero attached hydrogens (tertiary/aromatic N) is 2. The largest absolute Gasteiger partial charge is 0.508 e. The first-order chi connectivity index (χ1) is 13.8. The minimum Gasteiger partial charge on any atom is -0.508 e. The van der Waals surface area contributed by atoms with E-state index in [1.54, 1.807) is 12.1 Å². The summed E-state index contributed by atoms with van der Waals surface area (Å²) in [7, 11) is 8.22. The van der Waals surface area contributed by atoms with Crippen molar-refractivity contribution < 1.29 is 19.7 Å². The maximum absolute atomic E-state index is 10.9. The van der Waals surface area contributed by atoms with Crippen LogP contribution in [0.1, 0.15) is 40.8 Å². The molecule has 2 aromatic rings. The van der Waals surface area contributed by atoms with Crippen LogP contribution in [0.25, 0.3) is 0 Å². The first-order valence-corrected chi connectivity index (χ1v) is 10.2. The highest BCUT2D eigenvalue weighted by atomic mass is 16.5. The van der Waals surface area contributed by atoms with Gasteiger partial charge in [-0.25, -0.2) is 0 Å². The smallest absolute Gasteiger partial charge is 0.142 e. The van der Waals surface area contributed by atoms with E-state index in [0.717, 1.165) is 40.2 Å². The minimum atomic E-state index is -0.309. The lowest BCUT2D eigenvalue weighted by Gasteiger charge is -2.59. The average molecular weight is 394 g/mol. The number of phenols is 2. The topological polar surface area (TPSA) is 65.4 Å². The lowest BCUT2D eigenvalue weighted by molar-refractivity contribution is -0.115. The molecule has 1 fully saturated rings. The van der Waals surface area contributed by atoms with Crippen molar-refractivity contribution in [2.75, 3.05) is 28.2 Å². The molecule has 2 aromatic carbocycles. The Balaban J connectivity index is 1.72. The molecular weight excluding hydrogens is 368 g/mol. The van der Waals surface area contributed by atoms with Crippen LogP contribution < -0.4 is 9.47 Å². The van der Waals surface area contributed by atoms with Gasteiger partial charge in [0, 0.05) is 35.7 Å². The van der Waals surface area contributed by atoms with Crippen LogP contribution >= 0.6 is 0 Å². The molecule has 4 bridgehead atoms. The Morgan fingerprint density at radius 2 is 1.79 bits per heavy atom. The molecule has 3 heterocycles. The third-order valence-electron chi connectivity index (χ3n) is 7.59. The van der Waals surface area contributed by atoms with Crippen molar-refractivity contribution in [2.45, 2.75) is 42.5 Å². The van der Waals surface area contributed by atoms with E-state index in [1.807, 2.05) is 20.2 Å². The van der Waals surface area contributed by atoms with E-state index < -0.39 is 0 Å². The predicted octanol–water partition coefficient (Wildman–Crippen LogP) is 2.72. The van der Waals surface area contributed by atoms with Gasteiger partial charge in [0.05, 0.1) is 11.0 Å². The number of aromatic hydroxyl groups is 2. The second kappa shape index (κ2) is 5.37. The molecule has 1 saturated carbocycles. The fraction of sp³-hybridized carbons (Fsp3) is 0.478. The van der Waals surface area contributed by atoms with E-state index in [2.05, 4.69) is 30.0 Å². The van der Waals surface area contributed by atoms with Gasteiger partial charge >= 0.3 is 0 Å². The molecule has 29 heavy (non-hydrogen) atoms. The zero-order chi connectivity index (χ0) is 20.2. The molecule has 4 aliphatic rings. The highest BCUT2D eigenvalue weighted by Crippen LogP contribution is 2.68. The quantitative estimate of drug-likeness (QED) is 0.817. The number of phenolic OH excluding ortho intramolecular Hbond substituents is 2. The van der Waals surface area contributed by atoms with Gasteiger partial charge in [-0.15, -0.1) is 0 Å². The maximum Gasteiger partial charge on any atom is 0.142 e. The molecule has 1 aliphatic carbocycles. The number of benzene rings is 2. The number of ether oxygens (including phenoxy) is 2. The Bertz CT molecular complexity index is 1050. The molecule has 1 spiro atoms. The highest BCUT2D eigenvalue weighted by Gasteiger charge is 2.70. The van der Waals surface area contributed by atoms with Crippen molar-refractivity contribution in [1.82, 2.24) is 9.80 Å². The lowest BCUT2D eigenvalue weighted by atomic mass is 9.53. The van der Waals surface area contributed by atoms with E-state index in [-0.39, 0.29) is 41.2 Å². The molecule has 0 saturated heterocycles. The molecule has 6 nitrogen and oxygen atoms in total. The van der Waals surface area contributed by atoms with Crippen molar-refractivity contribution in [3.8, 4) is 23.0 Å². The Morgan fingerprint density at radius 3 is 2.52 bits per heavy atom. The second-order valence-corrected chi connectivity index (χ2v) is 9.33. The molecule has 6 rings (SSSR count). The van der Waals surface area contributed by atoms with Gasteiger partial charge in [0.2, 0.25) is 0 Å². The van der Waals surface area contributed by atoms with Crippen molar-refractivity contribution in [3.63, 3.8) is 0 Å². The predicted molar refractivity (Wildman–Crippen MR) is 108 cm³/mol. The van der Waals surface area contributed by atoms with Gasteiger partial charge in [0.25, 0.3) is 0 Å². The Morgan fingerprint density at radius 1 is 1.00 bits per heavy atom. The second-order valence-electron chi connectivity index (χ2n) is 9.33. The van der Waals surface area contributed by atoms with Crippen molar-refractivity contribution in [3.05, 3.63) is 46.5 Å². The van der Waals surface area contributed by atoms with Gasteiger partial charge in [-0.2, -0.15) is 0 Å². The minimum absolute atomic E-state index is 0.0199. The fourth-order valence-corrected chi connectivity index (χ4v) is 6.19. The van der Waals surface area contributed by atoms with E-state index >= 15 is 0 Å².